The highest BCUT2D eigenvalue weighted by Crippen LogP contribution is 2.31. The summed E-state index contributed by atoms with van der Waals surface area (Å²) in [5.41, 5.74) is 3.66. The summed E-state index contributed by atoms with van der Waals surface area (Å²) < 4.78 is 1.03. The predicted molar refractivity (Wildman–Crippen MR) is 89.7 cm³/mol. The lowest BCUT2D eigenvalue weighted by Crippen LogP contribution is -2.43. The Labute approximate surface area is 132 Å². The van der Waals surface area contributed by atoms with E-state index in [2.05, 4.69) is 50.4 Å². The SMILES string of the molecule is Clc1ccc(-c2ccc(N3CCNCC3)cc2)c(Br)c1. The molecular formula is C16H16BrClN2. The molecule has 0 aliphatic carbocycles. The summed E-state index contributed by atoms with van der Waals surface area (Å²) in [7, 11) is 0. The van der Waals surface area contributed by atoms with Gasteiger partial charge in [0, 0.05) is 41.4 Å². The zero-order valence-corrected chi connectivity index (χ0v) is 13.4. The van der Waals surface area contributed by atoms with Crippen LogP contribution in [0, 0.1) is 0 Å². The summed E-state index contributed by atoms with van der Waals surface area (Å²) in [6.45, 7) is 4.27. The number of hydrogen-bond acceptors (Lipinski definition) is 2. The first-order valence-electron chi connectivity index (χ1n) is 6.75. The van der Waals surface area contributed by atoms with Gasteiger partial charge in [0.2, 0.25) is 0 Å². The van der Waals surface area contributed by atoms with Gasteiger partial charge in [0.25, 0.3) is 0 Å². The predicted octanol–water partition coefficient (Wildman–Crippen LogP) is 4.18. The molecule has 1 aliphatic heterocycles. The van der Waals surface area contributed by atoms with Gasteiger partial charge in [0.1, 0.15) is 0 Å². The van der Waals surface area contributed by atoms with E-state index in [0.717, 1.165) is 35.7 Å². The van der Waals surface area contributed by atoms with Crippen LogP contribution in [0.15, 0.2) is 46.9 Å². The number of piperazine rings is 1. The van der Waals surface area contributed by atoms with E-state index in [0.29, 0.717) is 0 Å². The van der Waals surface area contributed by atoms with Gasteiger partial charge in [0.05, 0.1) is 0 Å². The first-order chi connectivity index (χ1) is 9.74. The smallest absolute Gasteiger partial charge is 0.0417 e. The van der Waals surface area contributed by atoms with E-state index in [1.54, 1.807) is 0 Å². The Balaban J connectivity index is 1.85. The molecule has 1 saturated heterocycles. The van der Waals surface area contributed by atoms with Gasteiger partial charge < -0.3 is 10.2 Å². The van der Waals surface area contributed by atoms with Crippen LogP contribution in [0.3, 0.4) is 0 Å². The summed E-state index contributed by atoms with van der Waals surface area (Å²) in [5, 5.41) is 4.12. The molecule has 0 radical (unpaired) electrons. The van der Waals surface area contributed by atoms with Crippen molar-refractivity contribution in [2.75, 3.05) is 31.1 Å². The van der Waals surface area contributed by atoms with E-state index in [-0.39, 0.29) is 0 Å². The molecule has 0 atom stereocenters. The molecule has 2 aromatic carbocycles. The third-order valence-corrected chi connectivity index (χ3v) is 4.48. The number of halogens is 2. The van der Waals surface area contributed by atoms with Crippen molar-refractivity contribution in [3.8, 4) is 11.1 Å². The summed E-state index contributed by atoms with van der Waals surface area (Å²) in [5.74, 6) is 0. The fourth-order valence-corrected chi connectivity index (χ4v) is 3.41. The standard InChI is InChI=1S/C16H16BrClN2/c17-16-11-13(18)3-6-15(16)12-1-4-14(5-2-12)20-9-7-19-8-10-20/h1-6,11,19H,7-10H2. The van der Waals surface area contributed by atoms with Crippen molar-refractivity contribution in [1.29, 1.82) is 0 Å². The Morgan fingerprint density at radius 3 is 2.35 bits per heavy atom. The number of hydrogen-bond donors (Lipinski definition) is 1. The number of nitrogens with one attached hydrogen (secondary N) is 1. The Morgan fingerprint density at radius 1 is 1.00 bits per heavy atom. The second kappa shape index (κ2) is 6.17. The van der Waals surface area contributed by atoms with Gasteiger partial charge >= 0.3 is 0 Å². The first kappa shape index (κ1) is 13.9. The van der Waals surface area contributed by atoms with Gasteiger partial charge in [-0.25, -0.2) is 0 Å². The molecule has 4 heteroatoms. The molecule has 1 heterocycles. The molecule has 2 aromatic rings. The van der Waals surface area contributed by atoms with E-state index in [1.807, 2.05) is 18.2 Å². The quantitative estimate of drug-likeness (QED) is 0.873. The molecule has 20 heavy (non-hydrogen) atoms. The van der Waals surface area contributed by atoms with Gasteiger partial charge in [0.15, 0.2) is 0 Å². The molecule has 0 amide bonds. The van der Waals surface area contributed by atoms with E-state index in [4.69, 9.17) is 11.6 Å². The number of benzene rings is 2. The average molecular weight is 352 g/mol. The lowest BCUT2D eigenvalue weighted by Gasteiger charge is -2.29. The number of anilines is 1. The maximum Gasteiger partial charge on any atom is 0.0417 e. The molecule has 0 aromatic heterocycles. The molecule has 1 aliphatic rings. The zero-order chi connectivity index (χ0) is 13.9. The Morgan fingerprint density at radius 2 is 1.70 bits per heavy atom. The summed E-state index contributed by atoms with van der Waals surface area (Å²) in [6, 6.07) is 14.6. The first-order valence-corrected chi connectivity index (χ1v) is 7.92. The molecule has 2 nitrogen and oxygen atoms in total. The van der Waals surface area contributed by atoms with Crippen LogP contribution in [0.5, 0.6) is 0 Å². The third-order valence-electron chi connectivity index (χ3n) is 3.59. The van der Waals surface area contributed by atoms with Crippen LogP contribution in [0.2, 0.25) is 5.02 Å². The second-order valence-corrected chi connectivity index (χ2v) is 6.20. The van der Waals surface area contributed by atoms with Crippen LogP contribution < -0.4 is 10.2 Å². The molecule has 0 unspecified atom stereocenters. The number of nitrogens with zero attached hydrogens (tertiary/aromatic N) is 1. The van der Waals surface area contributed by atoms with Crippen LogP contribution in [0.4, 0.5) is 5.69 Å². The normalized spacial score (nSPS) is 15.4. The van der Waals surface area contributed by atoms with E-state index >= 15 is 0 Å². The topological polar surface area (TPSA) is 15.3 Å². The molecule has 1 N–H and O–H groups in total. The summed E-state index contributed by atoms with van der Waals surface area (Å²) in [6.07, 6.45) is 0. The van der Waals surface area contributed by atoms with Crippen LogP contribution in [0.1, 0.15) is 0 Å². The van der Waals surface area contributed by atoms with Crippen LogP contribution in [0.25, 0.3) is 11.1 Å². The summed E-state index contributed by atoms with van der Waals surface area (Å²) >= 11 is 9.56. The molecule has 3 rings (SSSR count). The third kappa shape index (κ3) is 3.00. The van der Waals surface area contributed by atoms with Crippen molar-refractivity contribution in [2.24, 2.45) is 0 Å². The van der Waals surface area contributed by atoms with Crippen LogP contribution in [-0.2, 0) is 0 Å². The van der Waals surface area contributed by atoms with Crippen LogP contribution >= 0.6 is 27.5 Å². The van der Waals surface area contributed by atoms with E-state index in [9.17, 15) is 0 Å². The molecule has 0 spiro atoms. The number of rotatable bonds is 2. The Kier molecular flexibility index (Phi) is 4.29. The maximum absolute atomic E-state index is 5.99. The fourth-order valence-electron chi connectivity index (χ4n) is 2.50. The highest BCUT2D eigenvalue weighted by atomic mass is 79.9. The maximum atomic E-state index is 5.99. The van der Waals surface area contributed by atoms with Gasteiger partial charge in [-0.2, -0.15) is 0 Å². The Hall–Kier alpha value is -1.03. The average Bonchev–Trinajstić information content (AvgIpc) is 2.48. The zero-order valence-electron chi connectivity index (χ0n) is 11.1. The van der Waals surface area contributed by atoms with E-state index < -0.39 is 0 Å². The van der Waals surface area contributed by atoms with Gasteiger partial charge in [-0.15, -0.1) is 0 Å². The van der Waals surface area contributed by atoms with Gasteiger partial charge in [-0.05, 0) is 35.4 Å². The fraction of sp³-hybridized carbons (Fsp3) is 0.250. The van der Waals surface area contributed by atoms with Crippen molar-refractivity contribution in [1.82, 2.24) is 5.32 Å². The van der Waals surface area contributed by atoms with Crippen molar-refractivity contribution >= 4 is 33.2 Å². The molecule has 0 saturated carbocycles. The lowest BCUT2D eigenvalue weighted by molar-refractivity contribution is 0.589. The van der Waals surface area contributed by atoms with Crippen molar-refractivity contribution in [2.45, 2.75) is 0 Å². The largest absolute Gasteiger partial charge is 0.369 e. The molecule has 0 bridgehead atoms. The lowest BCUT2D eigenvalue weighted by atomic mass is 10.1. The van der Waals surface area contributed by atoms with Gasteiger partial charge in [-0.1, -0.05) is 45.7 Å². The molecule has 1 fully saturated rings. The van der Waals surface area contributed by atoms with Crippen molar-refractivity contribution in [3.05, 3.63) is 52.0 Å². The van der Waals surface area contributed by atoms with Gasteiger partial charge in [-0.3, -0.25) is 0 Å². The minimum Gasteiger partial charge on any atom is -0.369 e. The minimum absolute atomic E-state index is 0.748. The van der Waals surface area contributed by atoms with Crippen molar-refractivity contribution in [3.63, 3.8) is 0 Å². The van der Waals surface area contributed by atoms with Crippen LogP contribution in [-0.4, -0.2) is 26.2 Å². The monoisotopic (exact) mass is 350 g/mol. The minimum atomic E-state index is 0.748. The second-order valence-electron chi connectivity index (χ2n) is 4.91. The highest BCUT2D eigenvalue weighted by molar-refractivity contribution is 9.10. The molecule has 104 valence electrons. The Bertz CT molecular complexity index is 592. The van der Waals surface area contributed by atoms with E-state index in [1.165, 1.54) is 16.8 Å². The summed E-state index contributed by atoms with van der Waals surface area (Å²) in [4.78, 5) is 2.41. The molecular weight excluding hydrogens is 336 g/mol. The van der Waals surface area contributed by atoms with Crippen molar-refractivity contribution < 1.29 is 0 Å². The highest BCUT2D eigenvalue weighted by Gasteiger charge is 2.10.